The van der Waals surface area contributed by atoms with E-state index in [2.05, 4.69) is 16.7 Å². The van der Waals surface area contributed by atoms with Crippen LogP contribution < -0.4 is 0 Å². The highest BCUT2D eigenvalue weighted by Gasteiger charge is 2.29. The van der Waals surface area contributed by atoms with Gasteiger partial charge in [0.2, 0.25) is 0 Å². The van der Waals surface area contributed by atoms with Crippen LogP contribution >= 0.6 is 0 Å². The monoisotopic (exact) mass is 270 g/mol. The molecular formula is C15H30N2O2. The summed E-state index contributed by atoms with van der Waals surface area (Å²) in [7, 11) is 2.01. The highest BCUT2D eigenvalue weighted by atomic mass is 16.6. The van der Waals surface area contributed by atoms with Gasteiger partial charge < -0.3 is 4.74 Å². The summed E-state index contributed by atoms with van der Waals surface area (Å²) in [5.74, 6) is -0.129. The first-order valence-electron chi connectivity index (χ1n) is 7.41. The summed E-state index contributed by atoms with van der Waals surface area (Å²) in [5.41, 5.74) is -0.408. The molecule has 1 aliphatic heterocycles. The van der Waals surface area contributed by atoms with Crippen molar-refractivity contribution in [2.75, 3.05) is 26.7 Å². The Bertz CT molecular complexity index is 299. The van der Waals surface area contributed by atoms with Crippen molar-refractivity contribution in [3.63, 3.8) is 0 Å². The first-order valence-corrected chi connectivity index (χ1v) is 7.41. The minimum Gasteiger partial charge on any atom is -0.459 e. The van der Waals surface area contributed by atoms with Crippen LogP contribution in [-0.2, 0) is 9.53 Å². The lowest BCUT2D eigenvalue weighted by atomic mass is 10.1. The smallest absolute Gasteiger partial charge is 0.323 e. The lowest BCUT2D eigenvalue weighted by Crippen LogP contribution is -2.46. The van der Waals surface area contributed by atoms with E-state index in [1.54, 1.807) is 0 Å². The number of likely N-dealkylation sites (N-methyl/N-ethyl adjacent to an activating group) is 2. The number of nitrogens with zero attached hydrogens (tertiary/aromatic N) is 2. The number of ether oxygens (including phenoxy) is 1. The van der Waals surface area contributed by atoms with Gasteiger partial charge in [-0.25, -0.2) is 0 Å². The second-order valence-electron chi connectivity index (χ2n) is 6.57. The summed E-state index contributed by atoms with van der Waals surface area (Å²) in [4.78, 5) is 16.7. The largest absolute Gasteiger partial charge is 0.459 e. The average molecular weight is 270 g/mol. The van der Waals surface area contributed by atoms with E-state index in [1.165, 1.54) is 19.4 Å². The molecule has 0 aromatic heterocycles. The van der Waals surface area contributed by atoms with E-state index in [9.17, 15) is 4.79 Å². The molecule has 0 bridgehead atoms. The third-order valence-corrected chi connectivity index (χ3v) is 3.81. The van der Waals surface area contributed by atoms with E-state index in [0.717, 1.165) is 13.1 Å². The Morgan fingerprint density at radius 3 is 2.63 bits per heavy atom. The number of carbonyl (C=O) groups excluding carboxylic acids is 1. The lowest BCUT2D eigenvalue weighted by Gasteiger charge is -2.31. The molecule has 2 unspecified atom stereocenters. The molecule has 0 spiro atoms. The third-order valence-electron chi connectivity index (χ3n) is 3.81. The van der Waals surface area contributed by atoms with E-state index < -0.39 is 5.60 Å². The Morgan fingerprint density at radius 2 is 2.11 bits per heavy atom. The van der Waals surface area contributed by atoms with Crippen molar-refractivity contribution in [2.24, 2.45) is 0 Å². The summed E-state index contributed by atoms with van der Waals surface area (Å²) in [5, 5.41) is 0. The molecule has 0 aromatic rings. The molecule has 0 aliphatic carbocycles. The minimum atomic E-state index is -0.408. The van der Waals surface area contributed by atoms with Crippen molar-refractivity contribution in [3.05, 3.63) is 0 Å². The fourth-order valence-corrected chi connectivity index (χ4v) is 2.58. The predicted molar refractivity (Wildman–Crippen MR) is 78.2 cm³/mol. The van der Waals surface area contributed by atoms with E-state index in [0.29, 0.717) is 6.04 Å². The molecule has 0 aromatic carbocycles. The Hall–Kier alpha value is -0.610. The van der Waals surface area contributed by atoms with Crippen LogP contribution in [0.15, 0.2) is 0 Å². The van der Waals surface area contributed by atoms with E-state index in [4.69, 9.17) is 4.74 Å². The van der Waals surface area contributed by atoms with Gasteiger partial charge in [-0.05, 0) is 60.7 Å². The topological polar surface area (TPSA) is 32.8 Å². The SMILES string of the molecule is CCN1CCCC1CN(C)C(C)C(=O)OC(C)(C)C. The normalized spacial score (nSPS) is 22.8. The maximum atomic E-state index is 12.0. The molecule has 0 saturated carbocycles. The van der Waals surface area contributed by atoms with Crippen LogP contribution in [0.25, 0.3) is 0 Å². The molecule has 1 aliphatic rings. The predicted octanol–water partition coefficient (Wildman–Crippen LogP) is 2.13. The maximum absolute atomic E-state index is 12.0. The van der Waals surface area contributed by atoms with Gasteiger partial charge in [0.15, 0.2) is 0 Å². The molecule has 1 rings (SSSR count). The second-order valence-corrected chi connectivity index (χ2v) is 6.57. The van der Waals surface area contributed by atoms with E-state index >= 15 is 0 Å². The Balaban J connectivity index is 2.48. The van der Waals surface area contributed by atoms with Gasteiger partial charge >= 0.3 is 5.97 Å². The number of carbonyl (C=O) groups is 1. The van der Waals surface area contributed by atoms with E-state index in [1.807, 2.05) is 34.7 Å². The fraction of sp³-hybridized carbons (Fsp3) is 0.933. The van der Waals surface area contributed by atoms with Crippen LogP contribution in [0.1, 0.15) is 47.5 Å². The van der Waals surface area contributed by atoms with Gasteiger partial charge in [0.1, 0.15) is 11.6 Å². The minimum absolute atomic E-state index is 0.129. The fourth-order valence-electron chi connectivity index (χ4n) is 2.58. The van der Waals surface area contributed by atoms with Crippen LogP contribution in [-0.4, -0.2) is 60.1 Å². The molecule has 112 valence electrons. The number of rotatable bonds is 5. The van der Waals surface area contributed by atoms with E-state index in [-0.39, 0.29) is 12.0 Å². The summed E-state index contributed by atoms with van der Waals surface area (Å²) < 4.78 is 5.44. The number of esters is 1. The van der Waals surface area contributed by atoms with Gasteiger partial charge in [0.05, 0.1) is 0 Å². The molecule has 1 fully saturated rings. The van der Waals surface area contributed by atoms with Crippen molar-refractivity contribution >= 4 is 5.97 Å². The highest BCUT2D eigenvalue weighted by Crippen LogP contribution is 2.18. The average Bonchev–Trinajstić information content (AvgIpc) is 2.72. The van der Waals surface area contributed by atoms with Crippen LogP contribution in [0.3, 0.4) is 0 Å². The Labute approximate surface area is 118 Å². The van der Waals surface area contributed by atoms with Crippen LogP contribution in [0.4, 0.5) is 0 Å². The van der Waals surface area contributed by atoms with Crippen molar-refractivity contribution < 1.29 is 9.53 Å². The zero-order valence-corrected chi connectivity index (χ0v) is 13.4. The van der Waals surface area contributed by atoms with Crippen LogP contribution in [0.2, 0.25) is 0 Å². The van der Waals surface area contributed by atoms with Crippen molar-refractivity contribution in [1.82, 2.24) is 9.80 Å². The quantitative estimate of drug-likeness (QED) is 0.717. The number of hydrogen-bond acceptors (Lipinski definition) is 4. The van der Waals surface area contributed by atoms with Crippen molar-refractivity contribution in [3.8, 4) is 0 Å². The number of hydrogen-bond donors (Lipinski definition) is 0. The molecule has 19 heavy (non-hydrogen) atoms. The molecule has 1 heterocycles. The molecule has 4 nitrogen and oxygen atoms in total. The van der Waals surface area contributed by atoms with Gasteiger partial charge in [-0.2, -0.15) is 0 Å². The van der Waals surface area contributed by atoms with Gasteiger partial charge in [0.25, 0.3) is 0 Å². The van der Waals surface area contributed by atoms with Gasteiger partial charge in [-0.1, -0.05) is 6.92 Å². The maximum Gasteiger partial charge on any atom is 0.323 e. The zero-order chi connectivity index (χ0) is 14.6. The Morgan fingerprint density at radius 1 is 1.47 bits per heavy atom. The van der Waals surface area contributed by atoms with Crippen LogP contribution in [0, 0.1) is 0 Å². The van der Waals surface area contributed by atoms with Crippen LogP contribution in [0.5, 0.6) is 0 Å². The van der Waals surface area contributed by atoms with Crippen molar-refractivity contribution in [2.45, 2.75) is 65.1 Å². The molecule has 0 radical (unpaired) electrons. The third kappa shape index (κ3) is 5.11. The molecular weight excluding hydrogens is 240 g/mol. The molecule has 4 heteroatoms. The highest BCUT2D eigenvalue weighted by molar-refractivity contribution is 5.75. The summed E-state index contributed by atoms with van der Waals surface area (Å²) >= 11 is 0. The van der Waals surface area contributed by atoms with Crippen molar-refractivity contribution in [1.29, 1.82) is 0 Å². The van der Waals surface area contributed by atoms with Gasteiger partial charge in [-0.3, -0.25) is 14.6 Å². The van der Waals surface area contributed by atoms with Gasteiger partial charge in [-0.15, -0.1) is 0 Å². The first-order chi connectivity index (χ1) is 8.74. The summed E-state index contributed by atoms with van der Waals surface area (Å²) in [6.45, 7) is 13.1. The standard InChI is InChI=1S/C15H30N2O2/c1-7-17-10-8-9-13(17)11-16(6)12(2)14(18)19-15(3,4)5/h12-13H,7-11H2,1-6H3. The van der Waals surface area contributed by atoms with Gasteiger partial charge in [0, 0.05) is 12.6 Å². The summed E-state index contributed by atoms with van der Waals surface area (Å²) in [6.07, 6.45) is 2.51. The molecule has 0 N–H and O–H groups in total. The second kappa shape index (κ2) is 6.71. The summed E-state index contributed by atoms with van der Waals surface area (Å²) in [6, 6.07) is 0.401. The molecule has 0 amide bonds. The first kappa shape index (κ1) is 16.4. The lowest BCUT2D eigenvalue weighted by molar-refractivity contribution is -0.160. The Kier molecular flexibility index (Phi) is 5.81. The number of likely N-dealkylation sites (tertiary alicyclic amines) is 1. The zero-order valence-electron chi connectivity index (χ0n) is 13.4. The molecule has 2 atom stereocenters. The molecule has 1 saturated heterocycles.